The summed E-state index contributed by atoms with van der Waals surface area (Å²) in [5.74, 6) is 0.742. The molecule has 1 aromatic rings. The maximum absolute atomic E-state index is 10.3. The van der Waals surface area contributed by atoms with E-state index in [4.69, 9.17) is 10.2 Å². The van der Waals surface area contributed by atoms with Gasteiger partial charge in [-0.1, -0.05) is 0 Å². The molecule has 0 aromatic carbocycles. The average molecular weight is 182 g/mol. The molecule has 2 rings (SSSR count). The van der Waals surface area contributed by atoms with Crippen LogP contribution in [-0.2, 0) is 0 Å². The van der Waals surface area contributed by atoms with Crippen molar-refractivity contribution in [2.24, 2.45) is 11.7 Å². The largest absolute Gasteiger partial charge is 0.433 e. The fourth-order valence-corrected chi connectivity index (χ4v) is 1.31. The zero-order valence-corrected chi connectivity index (χ0v) is 6.97. The summed E-state index contributed by atoms with van der Waals surface area (Å²) < 4.78 is 4.98. The van der Waals surface area contributed by atoms with E-state index in [0.29, 0.717) is 11.7 Å². The highest BCUT2D eigenvalue weighted by atomic mass is 16.6. The highest BCUT2D eigenvalue weighted by Gasteiger charge is 2.32. The van der Waals surface area contributed by atoms with E-state index in [2.05, 4.69) is 0 Å². The molecule has 1 fully saturated rings. The molecule has 1 unspecified atom stereocenters. The van der Waals surface area contributed by atoms with Gasteiger partial charge in [0.05, 0.1) is 12.1 Å². The first-order valence-corrected chi connectivity index (χ1v) is 4.18. The molecule has 0 aliphatic heterocycles. The van der Waals surface area contributed by atoms with E-state index >= 15 is 0 Å². The molecule has 1 atom stereocenters. The number of nitro groups is 1. The Balaban J connectivity index is 2.16. The minimum Gasteiger partial charge on any atom is -0.404 e. The minimum absolute atomic E-state index is 0.173. The Morgan fingerprint density at radius 3 is 2.77 bits per heavy atom. The molecule has 1 aliphatic carbocycles. The Morgan fingerprint density at radius 1 is 1.62 bits per heavy atom. The summed E-state index contributed by atoms with van der Waals surface area (Å²) in [6.45, 7) is 0. The van der Waals surface area contributed by atoms with E-state index in [0.717, 1.165) is 12.8 Å². The highest BCUT2D eigenvalue weighted by Crippen LogP contribution is 2.40. The Kier molecular flexibility index (Phi) is 1.81. The average Bonchev–Trinajstić information content (AvgIpc) is 2.81. The molecule has 70 valence electrons. The summed E-state index contributed by atoms with van der Waals surface area (Å²) in [7, 11) is 0. The van der Waals surface area contributed by atoms with E-state index < -0.39 is 4.92 Å². The molecule has 2 N–H and O–H groups in total. The first kappa shape index (κ1) is 8.25. The molecule has 5 heteroatoms. The van der Waals surface area contributed by atoms with Crippen molar-refractivity contribution in [3.05, 3.63) is 28.0 Å². The smallest absolute Gasteiger partial charge is 0.404 e. The van der Waals surface area contributed by atoms with Gasteiger partial charge in [0, 0.05) is 0 Å². The van der Waals surface area contributed by atoms with Gasteiger partial charge in [0.2, 0.25) is 0 Å². The van der Waals surface area contributed by atoms with Crippen LogP contribution in [0.1, 0.15) is 24.6 Å². The second-order valence-electron chi connectivity index (χ2n) is 3.30. The number of nitrogens with zero attached hydrogens (tertiary/aromatic N) is 1. The van der Waals surface area contributed by atoms with Crippen molar-refractivity contribution in [1.29, 1.82) is 0 Å². The number of nitrogens with two attached hydrogens (primary N) is 1. The molecule has 0 amide bonds. The summed E-state index contributed by atoms with van der Waals surface area (Å²) >= 11 is 0. The van der Waals surface area contributed by atoms with E-state index in [9.17, 15) is 10.1 Å². The standard InChI is InChI=1S/C8H10N2O3/c9-8(5-1-2-5)6-3-4-7(13-6)10(11)12/h3-5,8H,1-2,9H2. The van der Waals surface area contributed by atoms with E-state index in [1.54, 1.807) is 6.07 Å². The van der Waals surface area contributed by atoms with Gasteiger partial charge in [0.25, 0.3) is 0 Å². The molecule has 1 aliphatic rings. The van der Waals surface area contributed by atoms with Crippen molar-refractivity contribution in [2.45, 2.75) is 18.9 Å². The molecular formula is C8H10N2O3. The van der Waals surface area contributed by atoms with Gasteiger partial charge in [-0.3, -0.25) is 10.1 Å². The van der Waals surface area contributed by atoms with Crippen LogP contribution in [0.5, 0.6) is 0 Å². The number of hydrogen-bond donors (Lipinski definition) is 1. The van der Waals surface area contributed by atoms with Crippen molar-refractivity contribution in [2.75, 3.05) is 0 Å². The SMILES string of the molecule is NC(c1ccc([N+](=O)[O-])o1)C1CC1. The first-order valence-electron chi connectivity index (χ1n) is 4.18. The predicted octanol–water partition coefficient (Wildman–Crippen LogP) is 1.60. The van der Waals surface area contributed by atoms with Gasteiger partial charge in [-0.25, -0.2) is 0 Å². The molecule has 1 aromatic heterocycles. The second kappa shape index (κ2) is 2.85. The lowest BCUT2D eigenvalue weighted by atomic mass is 10.1. The minimum atomic E-state index is -0.552. The summed E-state index contributed by atoms with van der Waals surface area (Å²) in [4.78, 5) is 9.74. The molecule has 0 spiro atoms. The maximum atomic E-state index is 10.3. The summed E-state index contributed by atoms with van der Waals surface area (Å²) in [5, 5.41) is 10.3. The Hall–Kier alpha value is -1.36. The van der Waals surface area contributed by atoms with E-state index in [1.165, 1.54) is 6.07 Å². The van der Waals surface area contributed by atoms with E-state index in [1.807, 2.05) is 0 Å². The van der Waals surface area contributed by atoms with Crippen LogP contribution in [0.15, 0.2) is 16.5 Å². The molecule has 1 saturated carbocycles. The first-order chi connectivity index (χ1) is 6.18. The molecule has 1 heterocycles. The van der Waals surface area contributed by atoms with Gasteiger partial charge in [0.1, 0.15) is 10.7 Å². The molecule has 13 heavy (non-hydrogen) atoms. The molecule has 0 bridgehead atoms. The third-order valence-electron chi connectivity index (χ3n) is 2.25. The van der Waals surface area contributed by atoms with Gasteiger partial charge in [-0.15, -0.1) is 0 Å². The lowest BCUT2D eigenvalue weighted by Gasteiger charge is -2.03. The molecule has 0 radical (unpaired) electrons. The van der Waals surface area contributed by atoms with Crippen LogP contribution in [0, 0.1) is 16.0 Å². The molecule has 5 nitrogen and oxygen atoms in total. The lowest BCUT2D eigenvalue weighted by molar-refractivity contribution is -0.402. The van der Waals surface area contributed by atoms with Crippen LogP contribution in [-0.4, -0.2) is 4.92 Å². The Labute approximate surface area is 74.7 Å². The van der Waals surface area contributed by atoms with Gasteiger partial charge >= 0.3 is 5.88 Å². The molecular weight excluding hydrogens is 172 g/mol. The maximum Gasteiger partial charge on any atom is 0.433 e. The van der Waals surface area contributed by atoms with Crippen molar-refractivity contribution < 1.29 is 9.34 Å². The number of hydrogen-bond acceptors (Lipinski definition) is 4. The van der Waals surface area contributed by atoms with Crippen LogP contribution in [0.3, 0.4) is 0 Å². The quantitative estimate of drug-likeness (QED) is 0.568. The highest BCUT2D eigenvalue weighted by molar-refractivity contribution is 5.20. The summed E-state index contributed by atoms with van der Waals surface area (Å²) in [6.07, 6.45) is 2.19. The van der Waals surface area contributed by atoms with Crippen LogP contribution in [0.4, 0.5) is 5.88 Å². The number of furan rings is 1. The van der Waals surface area contributed by atoms with Gasteiger partial charge in [-0.2, -0.15) is 0 Å². The predicted molar refractivity (Wildman–Crippen MR) is 45.0 cm³/mol. The van der Waals surface area contributed by atoms with Crippen molar-refractivity contribution in [1.82, 2.24) is 0 Å². The third kappa shape index (κ3) is 1.55. The van der Waals surface area contributed by atoms with Crippen molar-refractivity contribution in [3.63, 3.8) is 0 Å². The second-order valence-corrected chi connectivity index (χ2v) is 3.30. The fraction of sp³-hybridized carbons (Fsp3) is 0.500. The Bertz CT molecular complexity index is 330. The number of rotatable bonds is 3. The Morgan fingerprint density at radius 2 is 2.31 bits per heavy atom. The van der Waals surface area contributed by atoms with Gasteiger partial charge in [0.15, 0.2) is 0 Å². The molecule has 0 saturated heterocycles. The zero-order valence-electron chi connectivity index (χ0n) is 6.97. The van der Waals surface area contributed by atoms with Crippen LogP contribution in [0.2, 0.25) is 0 Å². The van der Waals surface area contributed by atoms with Crippen LogP contribution >= 0.6 is 0 Å². The van der Waals surface area contributed by atoms with Crippen LogP contribution < -0.4 is 5.73 Å². The monoisotopic (exact) mass is 182 g/mol. The van der Waals surface area contributed by atoms with E-state index in [-0.39, 0.29) is 11.9 Å². The third-order valence-corrected chi connectivity index (χ3v) is 2.25. The van der Waals surface area contributed by atoms with Gasteiger partial charge in [-0.05, 0) is 24.8 Å². The summed E-state index contributed by atoms with van der Waals surface area (Å²) in [5.41, 5.74) is 5.80. The fourth-order valence-electron chi connectivity index (χ4n) is 1.31. The zero-order chi connectivity index (χ0) is 9.42. The normalized spacial score (nSPS) is 18.5. The lowest BCUT2D eigenvalue weighted by Crippen LogP contribution is -2.10. The van der Waals surface area contributed by atoms with Crippen molar-refractivity contribution in [3.8, 4) is 0 Å². The topological polar surface area (TPSA) is 82.3 Å². The summed E-state index contributed by atoms with van der Waals surface area (Å²) in [6, 6.07) is 2.76. The van der Waals surface area contributed by atoms with Crippen molar-refractivity contribution >= 4 is 5.88 Å². The van der Waals surface area contributed by atoms with Crippen LogP contribution in [0.25, 0.3) is 0 Å². The van der Waals surface area contributed by atoms with Gasteiger partial charge < -0.3 is 10.2 Å².